The highest BCUT2D eigenvalue weighted by molar-refractivity contribution is 6.05. The van der Waals surface area contributed by atoms with Crippen LogP contribution < -0.4 is 10.6 Å². The summed E-state index contributed by atoms with van der Waals surface area (Å²) in [7, 11) is 0. The number of Topliss-reactive ketones (excluding diaryl/α,β-unsaturated/α-hetero) is 1. The number of carbonyl (C=O) groups is 3. The van der Waals surface area contributed by atoms with Crippen LogP contribution in [0, 0.1) is 0 Å². The van der Waals surface area contributed by atoms with Crippen LogP contribution >= 0.6 is 0 Å². The van der Waals surface area contributed by atoms with Gasteiger partial charge in [-0.3, -0.25) is 19.4 Å². The Bertz CT molecular complexity index is 933. The number of anilines is 1. The molecule has 1 aliphatic rings. The maximum atomic E-state index is 12.4. The molecule has 1 aromatic heterocycles. The van der Waals surface area contributed by atoms with Gasteiger partial charge in [-0.25, -0.2) is 0 Å². The summed E-state index contributed by atoms with van der Waals surface area (Å²) < 4.78 is 0. The molecule has 0 atom stereocenters. The normalized spacial score (nSPS) is 13.3. The van der Waals surface area contributed by atoms with Gasteiger partial charge in [0.2, 0.25) is 0 Å². The molecule has 0 fully saturated rings. The van der Waals surface area contributed by atoms with E-state index in [4.69, 9.17) is 0 Å². The molecule has 0 radical (unpaired) electrons. The van der Waals surface area contributed by atoms with E-state index in [1.54, 1.807) is 30.3 Å². The van der Waals surface area contributed by atoms with Gasteiger partial charge in [0, 0.05) is 29.6 Å². The molecular formula is C23H25N3O3. The molecule has 1 aromatic carbocycles. The lowest BCUT2D eigenvalue weighted by Gasteiger charge is -2.13. The zero-order chi connectivity index (χ0) is 20.6. The maximum absolute atomic E-state index is 12.4. The van der Waals surface area contributed by atoms with Crippen LogP contribution in [0.3, 0.4) is 0 Å². The monoisotopic (exact) mass is 391 g/mol. The second kappa shape index (κ2) is 9.78. The molecule has 0 spiro atoms. The van der Waals surface area contributed by atoms with E-state index in [1.807, 2.05) is 0 Å². The molecule has 0 saturated carbocycles. The van der Waals surface area contributed by atoms with Crippen LogP contribution in [0.4, 0.5) is 5.69 Å². The van der Waals surface area contributed by atoms with Crippen LogP contribution in [0.2, 0.25) is 0 Å². The topological polar surface area (TPSA) is 88.2 Å². The number of hydrogen-bond acceptors (Lipinski definition) is 4. The van der Waals surface area contributed by atoms with Gasteiger partial charge in [-0.05, 0) is 75.4 Å². The van der Waals surface area contributed by atoms with E-state index in [1.165, 1.54) is 37.6 Å². The first kappa shape index (κ1) is 20.5. The lowest BCUT2D eigenvalue weighted by Crippen LogP contribution is -2.25. The van der Waals surface area contributed by atoms with Gasteiger partial charge in [0.1, 0.15) is 5.69 Å². The predicted molar refractivity (Wildman–Crippen MR) is 112 cm³/mol. The summed E-state index contributed by atoms with van der Waals surface area (Å²) in [4.78, 5) is 40.2. The third-order valence-electron chi connectivity index (χ3n) is 4.92. The smallest absolute Gasteiger partial charge is 0.274 e. The Balaban J connectivity index is 1.57. The molecule has 0 bridgehead atoms. The number of amides is 2. The minimum absolute atomic E-state index is 0.0389. The minimum atomic E-state index is -0.414. The molecule has 1 aliphatic carbocycles. The zero-order valence-corrected chi connectivity index (χ0v) is 16.5. The van der Waals surface area contributed by atoms with Crippen molar-refractivity contribution in [2.45, 2.75) is 39.0 Å². The maximum Gasteiger partial charge on any atom is 0.274 e. The number of carbonyl (C=O) groups excluding carboxylic acids is 3. The van der Waals surface area contributed by atoms with Crippen LogP contribution in [-0.4, -0.2) is 29.1 Å². The van der Waals surface area contributed by atoms with Crippen LogP contribution in [0.1, 0.15) is 70.2 Å². The first-order chi connectivity index (χ1) is 14.0. The van der Waals surface area contributed by atoms with Crippen LogP contribution in [0.15, 0.2) is 54.2 Å². The van der Waals surface area contributed by atoms with Gasteiger partial charge in [0.15, 0.2) is 5.78 Å². The van der Waals surface area contributed by atoms with Crippen molar-refractivity contribution in [1.29, 1.82) is 0 Å². The largest absolute Gasteiger partial charge is 0.352 e. The first-order valence-electron chi connectivity index (χ1n) is 9.87. The molecule has 6 heteroatoms. The molecule has 0 saturated heterocycles. The molecule has 0 unspecified atom stereocenters. The van der Waals surface area contributed by atoms with Gasteiger partial charge in [0.05, 0.1) is 0 Å². The number of aromatic nitrogens is 1. The van der Waals surface area contributed by atoms with Gasteiger partial charge in [-0.2, -0.15) is 0 Å². The lowest BCUT2D eigenvalue weighted by molar-refractivity contribution is 0.0952. The fourth-order valence-corrected chi connectivity index (χ4v) is 3.25. The summed E-state index contributed by atoms with van der Waals surface area (Å²) in [6.07, 6.45) is 9.30. The third kappa shape index (κ3) is 5.85. The predicted octanol–water partition coefficient (Wildman–Crippen LogP) is 4.16. The summed E-state index contributed by atoms with van der Waals surface area (Å²) in [5.74, 6) is -0.672. The highest BCUT2D eigenvalue weighted by Gasteiger charge is 2.13. The summed E-state index contributed by atoms with van der Waals surface area (Å²) >= 11 is 0. The zero-order valence-electron chi connectivity index (χ0n) is 16.5. The molecule has 6 nitrogen and oxygen atoms in total. The SMILES string of the molecule is CC(=O)c1ccc(NC(=O)c2cc(C(=O)NCCC3=CCCCC3)ccn2)cc1. The number of nitrogens with zero attached hydrogens (tertiary/aromatic N) is 1. The van der Waals surface area contributed by atoms with E-state index in [2.05, 4.69) is 21.7 Å². The van der Waals surface area contributed by atoms with Crippen molar-refractivity contribution in [1.82, 2.24) is 10.3 Å². The van der Waals surface area contributed by atoms with Crippen molar-refractivity contribution < 1.29 is 14.4 Å². The Morgan fingerprint density at radius 2 is 1.79 bits per heavy atom. The van der Waals surface area contributed by atoms with Gasteiger partial charge < -0.3 is 10.6 Å². The highest BCUT2D eigenvalue weighted by atomic mass is 16.2. The Hall–Kier alpha value is -3.28. The quantitative estimate of drug-likeness (QED) is 0.548. The van der Waals surface area contributed by atoms with E-state index >= 15 is 0 Å². The average Bonchev–Trinajstić information content (AvgIpc) is 2.75. The Kier molecular flexibility index (Phi) is 6.89. The van der Waals surface area contributed by atoms with Crippen molar-refractivity contribution in [2.24, 2.45) is 0 Å². The summed E-state index contributed by atoms with van der Waals surface area (Å²) in [6, 6.07) is 9.69. The van der Waals surface area contributed by atoms with E-state index < -0.39 is 5.91 Å². The molecule has 2 N–H and O–H groups in total. The fourth-order valence-electron chi connectivity index (χ4n) is 3.25. The first-order valence-corrected chi connectivity index (χ1v) is 9.87. The molecule has 29 heavy (non-hydrogen) atoms. The molecule has 3 rings (SSSR count). The minimum Gasteiger partial charge on any atom is -0.352 e. The molecule has 150 valence electrons. The third-order valence-corrected chi connectivity index (χ3v) is 4.92. The molecule has 1 heterocycles. The van der Waals surface area contributed by atoms with Gasteiger partial charge in [0.25, 0.3) is 11.8 Å². The van der Waals surface area contributed by atoms with Crippen LogP contribution in [-0.2, 0) is 0 Å². The Morgan fingerprint density at radius 3 is 2.48 bits per heavy atom. The Labute approximate surface area is 170 Å². The van der Waals surface area contributed by atoms with Gasteiger partial charge in [-0.1, -0.05) is 11.6 Å². The fraction of sp³-hybridized carbons (Fsp3) is 0.304. The lowest BCUT2D eigenvalue weighted by atomic mass is 9.97. The number of nitrogens with one attached hydrogen (secondary N) is 2. The van der Waals surface area contributed by atoms with E-state index in [-0.39, 0.29) is 17.4 Å². The van der Waals surface area contributed by atoms with Crippen LogP contribution in [0.5, 0.6) is 0 Å². The van der Waals surface area contributed by atoms with Gasteiger partial charge in [-0.15, -0.1) is 0 Å². The van der Waals surface area contributed by atoms with E-state index in [0.717, 1.165) is 19.3 Å². The highest BCUT2D eigenvalue weighted by Crippen LogP contribution is 2.19. The standard InChI is InChI=1S/C23H25N3O3/c1-16(27)18-7-9-20(10-8-18)26-23(29)21-15-19(12-14-24-21)22(28)25-13-11-17-5-3-2-4-6-17/h5,7-10,12,14-15H,2-4,6,11,13H2,1H3,(H,25,28)(H,26,29). The van der Waals surface area contributed by atoms with Crippen LogP contribution in [0.25, 0.3) is 0 Å². The number of pyridine rings is 1. The van der Waals surface area contributed by atoms with Gasteiger partial charge >= 0.3 is 0 Å². The molecule has 0 aliphatic heterocycles. The van der Waals surface area contributed by atoms with Crippen molar-refractivity contribution in [2.75, 3.05) is 11.9 Å². The average molecular weight is 391 g/mol. The molecule has 2 amide bonds. The Morgan fingerprint density at radius 1 is 1.00 bits per heavy atom. The number of hydrogen-bond donors (Lipinski definition) is 2. The van der Waals surface area contributed by atoms with E-state index in [9.17, 15) is 14.4 Å². The van der Waals surface area contributed by atoms with E-state index in [0.29, 0.717) is 23.4 Å². The number of ketones is 1. The van der Waals surface area contributed by atoms with Crippen molar-refractivity contribution in [3.63, 3.8) is 0 Å². The summed E-state index contributed by atoms with van der Waals surface area (Å²) in [6.45, 7) is 2.07. The molecule has 2 aromatic rings. The van der Waals surface area contributed by atoms with Crippen molar-refractivity contribution in [3.8, 4) is 0 Å². The number of rotatable bonds is 7. The second-order valence-electron chi connectivity index (χ2n) is 7.13. The summed E-state index contributed by atoms with van der Waals surface area (Å²) in [5, 5.41) is 5.63. The van der Waals surface area contributed by atoms with Crippen molar-refractivity contribution in [3.05, 3.63) is 71.1 Å². The molecular weight excluding hydrogens is 366 g/mol. The van der Waals surface area contributed by atoms with Crippen molar-refractivity contribution >= 4 is 23.3 Å². The number of benzene rings is 1. The number of allylic oxidation sites excluding steroid dienone is 1. The second-order valence-corrected chi connectivity index (χ2v) is 7.13. The summed E-state index contributed by atoms with van der Waals surface area (Å²) in [5.41, 5.74) is 3.08.